The fraction of sp³-hybridized carbons (Fsp3) is 0.619. The van der Waals surface area contributed by atoms with Crippen molar-refractivity contribution in [1.82, 2.24) is 0 Å². The van der Waals surface area contributed by atoms with Gasteiger partial charge in [0.15, 0.2) is 0 Å². The van der Waals surface area contributed by atoms with Crippen LogP contribution in [-0.4, -0.2) is 67.3 Å². The molecule has 6 nitrogen and oxygen atoms in total. The van der Waals surface area contributed by atoms with Crippen molar-refractivity contribution >= 4 is 0 Å². The van der Waals surface area contributed by atoms with Gasteiger partial charge in [0.2, 0.25) is 0 Å². The van der Waals surface area contributed by atoms with Crippen molar-refractivity contribution < 1.29 is 30.6 Å². The Labute approximate surface area is 160 Å². The van der Waals surface area contributed by atoms with Crippen LogP contribution >= 0.6 is 0 Å². The summed E-state index contributed by atoms with van der Waals surface area (Å²) >= 11 is 0. The minimum atomic E-state index is -1.23. The van der Waals surface area contributed by atoms with E-state index in [1.807, 2.05) is 6.08 Å². The average molecular weight is 376 g/mol. The molecule has 6 unspecified atom stereocenters. The molecule has 0 spiro atoms. The summed E-state index contributed by atoms with van der Waals surface area (Å²) in [5.74, 6) is 16.4. The summed E-state index contributed by atoms with van der Waals surface area (Å²) in [4.78, 5) is 0. The molecule has 1 rings (SSSR count). The van der Waals surface area contributed by atoms with Crippen LogP contribution in [0.3, 0.4) is 0 Å². The number of hydrogen-bond donors (Lipinski definition) is 6. The Kier molecular flexibility index (Phi) is 9.03. The first-order valence-corrected chi connectivity index (χ1v) is 8.90. The van der Waals surface area contributed by atoms with Crippen LogP contribution in [0.15, 0.2) is 11.6 Å². The monoisotopic (exact) mass is 376 g/mol. The molecule has 0 saturated heterocycles. The van der Waals surface area contributed by atoms with E-state index in [2.05, 4.69) is 35.5 Å². The van der Waals surface area contributed by atoms with Crippen LogP contribution in [0.5, 0.6) is 0 Å². The van der Waals surface area contributed by atoms with Gasteiger partial charge in [0, 0.05) is 12.0 Å². The second-order valence-corrected chi connectivity index (χ2v) is 6.89. The lowest BCUT2D eigenvalue weighted by Crippen LogP contribution is -2.26. The largest absolute Gasteiger partial charge is 0.390 e. The maximum atomic E-state index is 9.78. The lowest BCUT2D eigenvalue weighted by Gasteiger charge is -2.27. The first kappa shape index (κ1) is 23.2. The van der Waals surface area contributed by atoms with E-state index in [9.17, 15) is 30.6 Å². The van der Waals surface area contributed by atoms with Gasteiger partial charge in [-0.05, 0) is 33.6 Å². The summed E-state index contributed by atoms with van der Waals surface area (Å²) in [5, 5.41) is 57.4. The Morgan fingerprint density at radius 2 is 1.22 bits per heavy atom. The van der Waals surface area contributed by atoms with E-state index in [0.717, 1.165) is 0 Å². The third-order valence-electron chi connectivity index (χ3n) is 4.12. The molecule has 0 heterocycles. The Hall–Kier alpha value is -1.82. The van der Waals surface area contributed by atoms with E-state index in [4.69, 9.17) is 0 Å². The maximum absolute atomic E-state index is 9.78. The van der Waals surface area contributed by atoms with Gasteiger partial charge in [0.1, 0.15) is 18.3 Å². The molecule has 0 amide bonds. The first-order valence-electron chi connectivity index (χ1n) is 8.90. The minimum Gasteiger partial charge on any atom is -0.390 e. The highest BCUT2D eigenvalue weighted by molar-refractivity contribution is 5.40. The van der Waals surface area contributed by atoms with Crippen molar-refractivity contribution in [2.45, 2.75) is 76.7 Å². The second kappa shape index (κ2) is 10.5. The van der Waals surface area contributed by atoms with Gasteiger partial charge in [0.25, 0.3) is 0 Å². The molecule has 0 aromatic rings. The summed E-state index contributed by atoms with van der Waals surface area (Å²) < 4.78 is 0. The molecule has 0 aromatic carbocycles. The molecule has 6 heteroatoms. The van der Waals surface area contributed by atoms with Gasteiger partial charge < -0.3 is 30.6 Å². The molecule has 0 bridgehead atoms. The summed E-state index contributed by atoms with van der Waals surface area (Å²) in [7, 11) is 0. The van der Waals surface area contributed by atoms with Gasteiger partial charge in [-0.1, -0.05) is 41.6 Å². The lowest BCUT2D eigenvalue weighted by molar-refractivity contribution is 0.0672. The van der Waals surface area contributed by atoms with E-state index in [1.165, 1.54) is 20.8 Å². The summed E-state index contributed by atoms with van der Waals surface area (Å²) in [6.07, 6.45) is -3.36. The zero-order chi connectivity index (χ0) is 20.6. The highest BCUT2D eigenvalue weighted by atomic mass is 16.3. The van der Waals surface area contributed by atoms with Gasteiger partial charge in [-0.3, -0.25) is 0 Å². The Morgan fingerprint density at radius 3 is 1.67 bits per heavy atom. The first-order chi connectivity index (χ1) is 12.6. The Morgan fingerprint density at radius 1 is 0.778 bits per heavy atom. The van der Waals surface area contributed by atoms with Crippen LogP contribution in [0.1, 0.15) is 40.0 Å². The SMILES string of the molecule is CC(O)C(O)C#CC1=CCCC(C#CC(O)C(C)O)(C#CC(O)C(C)O)C1. The Bertz CT molecular complexity index is 670. The normalized spacial score (nSPS) is 25.6. The fourth-order valence-corrected chi connectivity index (χ4v) is 2.27. The number of aliphatic hydroxyl groups excluding tert-OH is 6. The van der Waals surface area contributed by atoms with Crippen molar-refractivity contribution in [2.24, 2.45) is 5.41 Å². The van der Waals surface area contributed by atoms with Crippen molar-refractivity contribution in [1.29, 1.82) is 0 Å². The van der Waals surface area contributed by atoms with Crippen LogP contribution in [0.4, 0.5) is 0 Å². The highest BCUT2D eigenvalue weighted by Gasteiger charge is 2.30. The molecule has 0 aromatic heterocycles. The molecule has 6 atom stereocenters. The van der Waals surface area contributed by atoms with Crippen molar-refractivity contribution in [2.75, 3.05) is 0 Å². The molecule has 0 saturated carbocycles. The predicted octanol–water partition coefficient (Wildman–Crippen LogP) is -0.682. The third-order valence-corrected chi connectivity index (χ3v) is 4.12. The van der Waals surface area contributed by atoms with Crippen LogP contribution < -0.4 is 0 Å². The predicted molar refractivity (Wildman–Crippen MR) is 101 cm³/mol. The third kappa shape index (κ3) is 7.75. The number of aliphatic hydroxyl groups is 6. The molecular formula is C21H28O6. The Balaban J connectivity index is 3.17. The number of allylic oxidation sites excluding steroid dienone is 2. The van der Waals surface area contributed by atoms with E-state index in [-0.39, 0.29) is 0 Å². The van der Waals surface area contributed by atoms with Gasteiger partial charge >= 0.3 is 0 Å². The van der Waals surface area contributed by atoms with E-state index >= 15 is 0 Å². The summed E-state index contributed by atoms with van der Waals surface area (Å²) in [6, 6.07) is 0. The molecular weight excluding hydrogens is 348 g/mol. The van der Waals surface area contributed by atoms with Crippen molar-refractivity contribution in [3.05, 3.63) is 11.6 Å². The number of rotatable bonds is 3. The standard InChI is InChI=1S/C21H28O6/c1-14(22)18(25)7-6-17-5-4-10-21(13-17,11-8-19(26)15(2)23)12-9-20(27)16(3)24/h5,14-16,18-20,22-27H,4,10,13H2,1-3H3. The fourth-order valence-electron chi connectivity index (χ4n) is 2.27. The molecule has 27 heavy (non-hydrogen) atoms. The van der Waals surface area contributed by atoms with E-state index < -0.39 is 42.0 Å². The van der Waals surface area contributed by atoms with Crippen LogP contribution in [-0.2, 0) is 0 Å². The molecule has 0 fully saturated rings. The molecule has 0 radical (unpaired) electrons. The lowest BCUT2D eigenvalue weighted by atomic mass is 9.74. The van der Waals surface area contributed by atoms with Gasteiger partial charge in [-0.2, -0.15) is 0 Å². The molecule has 0 aliphatic heterocycles. The van der Waals surface area contributed by atoms with Gasteiger partial charge in [-0.25, -0.2) is 0 Å². The van der Waals surface area contributed by atoms with Gasteiger partial charge in [0.05, 0.1) is 23.7 Å². The van der Waals surface area contributed by atoms with Crippen LogP contribution in [0, 0.1) is 40.9 Å². The van der Waals surface area contributed by atoms with Crippen LogP contribution in [0.25, 0.3) is 0 Å². The van der Waals surface area contributed by atoms with E-state index in [0.29, 0.717) is 24.8 Å². The molecule has 1 aliphatic carbocycles. The summed E-state index contributed by atoms with van der Waals surface area (Å²) in [6.45, 7) is 4.28. The molecule has 148 valence electrons. The van der Waals surface area contributed by atoms with Crippen molar-refractivity contribution in [3.63, 3.8) is 0 Å². The molecule has 1 aliphatic rings. The smallest absolute Gasteiger partial charge is 0.140 e. The molecule has 6 N–H and O–H groups in total. The average Bonchev–Trinajstić information content (AvgIpc) is 2.62. The maximum Gasteiger partial charge on any atom is 0.140 e. The van der Waals surface area contributed by atoms with Gasteiger partial charge in [-0.15, -0.1) is 0 Å². The quantitative estimate of drug-likeness (QED) is 0.363. The van der Waals surface area contributed by atoms with Crippen molar-refractivity contribution in [3.8, 4) is 35.5 Å². The topological polar surface area (TPSA) is 121 Å². The zero-order valence-electron chi connectivity index (χ0n) is 15.8. The minimum absolute atomic E-state index is 0.297. The van der Waals surface area contributed by atoms with E-state index in [1.54, 1.807) is 0 Å². The van der Waals surface area contributed by atoms with Crippen LogP contribution in [0.2, 0.25) is 0 Å². The zero-order valence-corrected chi connectivity index (χ0v) is 15.8. The highest BCUT2D eigenvalue weighted by Crippen LogP contribution is 2.35. The number of hydrogen-bond acceptors (Lipinski definition) is 6. The second-order valence-electron chi connectivity index (χ2n) is 6.89. The summed E-state index contributed by atoms with van der Waals surface area (Å²) in [5.41, 5.74) is -0.247.